The van der Waals surface area contributed by atoms with Gasteiger partial charge in [-0.25, -0.2) is 5.01 Å². The van der Waals surface area contributed by atoms with Crippen molar-refractivity contribution in [2.45, 2.75) is 25.6 Å². The lowest BCUT2D eigenvalue weighted by Gasteiger charge is -2.38. The van der Waals surface area contributed by atoms with Gasteiger partial charge in [0, 0.05) is 35.0 Å². The van der Waals surface area contributed by atoms with Crippen LogP contribution in [0.3, 0.4) is 0 Å². The number of hydrogen-bond acceptors (Lipinski definition) is 5. The molecule has 3 aromatic rings. The maximum Gasteiger partial charge on any atom is 0.213 e. The summed E-state index contributed by atoms with van der Waals surface area (Å²) >= 11 is 6.24. The second-order valence-electron chi connectivity index (χ2n) is 6.49. The third-order valence-corrected chi connectivity index (χ3v) is 5.00. The number of nitrogens with zero attached hydrogens (tertiary/aromatic N) is 3. The van der Waals surface area contributed by atoms with E-state index >= 15 is 0 Å². The molecule has 4 heterocycles. The molecule has 5 nitrogen and oxygen atoms in total. The largest absolute Gasteiger partial charge is 0.464 e. The van der Waals surface area contributed by atoms with Gasteiger partial charge in [0.25, 0.3) is 0 Å². The Balaban J connectivity index is 1.61. The highest BCUT2D eigenvalue weighted by Gasteiger charge is 2.41. The van der Waals surface area contributed by atoms with Crippen molar-refractivity contribution in [1.82, 2.24) is 9.99 Å². The summed E-state index contributed by atoms with van der Waals surface area (Å²) in [7, 11) is 0. The fourth-order valence-corrected chi connectivity index (χ4v) is 3.73. The number of aromatic nitrogens is 1. The van der Waals surface area contributed by atoms with E-state index in [-0.39, 0.29) is 12.3 Å². The van der Waals surface area contributed by atoms with E-state index in [0.29, 0.717) is 5.02 Å². The van der Waals surface area contributed by atoms with Crippen molar-refractivity contribution in [3.05, 3.63) is 82.5 Å². The summed E-state index contributed by atoms with van der Waals surface area (Å²) in [4.78, 5) is 4.10. The maximum atomic E-state index is 6.28. The molecule has 0 N–H and O–H groups in total. The van der Waals surface area contributed by atoms with E-state index in [0.717, 1.165) is 40.5 Å². The van der Waals surface area contributed by atoms with E-state index in [1.807, 2.05) is 54.4 Å². The molecule has 2 atom stereocenters. The number of ether oxygens (including phenoxy) is 1. The summed E-state index contributed by atoms with van der Waals surface area (Å²) in [6.45, 7) is 1.93. The molecule has 130 valence electrons. The topological polar surface area (TPSA) is 50.9 Å². The summed E-state index contributed by atoms with van der Waals surface area (Å²) in [6, 6.07) is 13.6. The standard InChI is InChI=1S/C20H16ClN3O2/c1-12-2-4-19(25-12)16-11-17-15-10-14(21)3-5-18(15)26-20(24(17)23-16)13-6-8-22-9-7-13/h2-10,17,20H,11H2,1H3. The van der Waals surface area contributed by atoms with Crippen LogP contribution in [-0.4, -0.2) is 15.7 Å². The van der Waals surface area contributed by atoms with Crippen LogP contribution in [0, 0.1) is 6.92 Å². The molecule has 0 fully saturated rings. The maximum absolute atomic E-state index is 6.28. The Morgan fingerprint density at radius 3 is 2.73 bits per heavy atom. The molecule has 26 heavy (non-hydrogen) atoms. The number of benzene rings is 1. The highest BCUT2D eigenvalue weighted by Crippen LogP contribution is 2.48. The first-order chi connectivity index (χ1) is 12.7. The molecule has 0 bridgehead atoms. The number of aryl methyl sites for hydroxylation is 1. The fraction of sp³-hybridized carbons (Fsp3) is 0.200. The third-order valence-electron chi connectivity index (χ3n) is 4.77. The van der Waals surface area contributed by atoms with Gasteiger partial charge in [-0.1, -0.05) is 11.6 Å². The van der Waals surface area contributed by atoms with Crippen LogP contribution in [0.25, 0.3) is 0 Å². The van der Waals surface area contributed by atoms with Crippen LogP contribution in [0.4, 0.5) is 0 Å². The molecular formula is C20H16ClN3O2. The number of hydrogen-bond donors (Lipinski definition) is 0. The normalized spacial score (nSPS) is 21.0. The molecule has 0 spiro atoms. The van der Waals surface area contributed by atoms with Gasteiger partial charge >= 0.3 is 0 Å². The highest BCUT2D eigenvalue weighted by atomic mass is 35.5. The van der Waals surface area contributed by atoms with Crippen LogP contribution >= 0.6 is 11.6 Å². The Hall–Kier alpha value is -2.79. The van der Waals surface area contributed by atoms with Crippen LogP contribution in [0.1, 0.15) is 41.3 Å². The van der Waals surface area contributed by atoms with Gasteiger partial charge < -0.3 is 9.15 Å². The van der Waals surface area contributed by atoms with E-state index in [1.165, 1.54) is 0 Å². The van der Waals surface area contributed by atoms with Gasteiger partial charge in [0.1, 0.15) is 23.0 Å². The molecule has 2 unspecified atom stereocenters. The molecule has 0 aliphatic carbocycles. The summed E-state index contributed by atoms with van der Waals surface area (Å²) in [5, 5.41) is 7.54. The zero-order chi connectivity index (χ0) is 17.7. The number of rotatable bonds is 2. The number of halogens is 1. The highest BCUT2D eigenvalue weighted by molar-refractivity contribution is 6.30. The quantitative estimate of drug-likeness (QED) is 0.649. The number of hydrazone groups is 1. The molecule has 0 amide bonds. The summed E-state index contributed by atoms with van der Waals surface area (Å²) < 4.78 is 12.1. The minimum atomic E-state index is -0.315. The number of furan rings is 1. The number of pyridine rings is 1. The van der Waals surface area contributed by atoms with Crippen molar-refractivity contribution in [2.75, 3.05) is 0 Å². The molecule has 0 saturated carbocycles. The Labute approximate surface area is 155 Å². The molecule has 6 heteroatoms. The molecule has 5 rings (SSSR count). The first kappa shape index (κ1) is 15.5. The Bertz CT molecular complexity index is 999. The van der Waals surface area contributed by atoms with Crippen molar-refractivity contribution in [1.29, 1.82) is 0 Å². The van der Waals surface area contributed by atoms with Crippen molar-refractivity contribution < 1.29 is 9.15 Å². The second kappa shape index (κ2) is 5.88. The van der Waals surface area contributed by atoms with Crippen LogP contribution in [-0.2, 0) is 0 Å². The van der Waals surface area contributed by atoms with Crippen molar-refractivity contribution in [2.24, 2.45) is 5.10 Å². The van der Waals surface area contributed by atoms with Crippen LogP contribution < -0.4 is 4.74 Å². The van der Waals surface area contributed by atoms with E-state index in [4.69, 9.17) is 25.9 Å². The van der Waals surface area contributed by atoms with Gasteiger partial charge in [-0.15, -0.1) is 0 Å². The fourth-order valence-electron chi connectivity index (χ4n) is 3.54. The Morgan fingerprint density at radius 1 is 1.12 bits per heavy atom. The summed E-state index contributed by atoms with van der Waals surface area (Å²) in [5.41, 5.74) is 2.97. The van der Waals surface area contributed by atoms with Gasteiger partial charge in [0.2, 0.25) is 6.23 Å². The first-order valence-corrected chi connectivity index (χ1v) is 8.85. The second-order valence-corrected chi connectivity index (χ2v) is 6.93. The SMILES string of the molecule is Cc1ccc(C2=NN3C(C2)c2cc(Cl)ccc2OC3c2ccncc2)o1. The molecule has 2 aliphatic rings. The van der Waals surface area contributed by atoms with Gasteiger partial charge in [0.15, 0.2) is 0 Å². The lowest BCUT2D eigenvalue weighted by molar-refractivity contribution is -0.0190. The van der Waals surface area contributed by atoms with Crippen molar-refractivity contribution >= 4 is 17.3 Å². The van der Waals surface area contributed by atoms with Crippen molar-refractivity contribution in [3.63, 3.8) is 0 Å². The summed E-state index contributed by atoms with van der Waals surface area (Å²) in [6.07, 6.45) is 3.96. The van der Waals surface area contributed by atoms with E-state index in [2.05, 4.69) is 4.98 Å². The van der Waals surface area contributed by atoms with Gasteiger partial charge in [-0.05, 0) is 49.4 Å². The molecule has 0 radical (unpaired) electrons. The molecule has 2 aromatic heterocycles. The minimum Gasteiger partial charge on any atom is -0.464 e. The zero-order valence-corrected chi connectivity index (χ0v) is 14.8. The monoisotopic (exact) mass is 365 g/mol. The van der Waals surface area contributed by atoms with Crippen LogP contribution in [0.5, 0.6) is 5.75 Å². The predicted molar refractivity (Wildman–Crippen MR) is 98.2 cm³/mol. The van der Waals surface area contributed by atoms with Crippen molar-refractivity contribution in [3.8, 4) is 5.75 Å². The Morgan fingerprint density at radius 2 is 1.96 bits per heavy atom. The van der Waals surface area contributed by atoms with Gasteiger partial charge in [-0.2, -0.15) is 5.10 Å². The molecular weight excluding hydrogens is 350 g/mol. The average molecular weight is 366 g/mol. The zero-order valence-electron chi connectivity index (χ0n) is 14.1. The van der Waals surface area contributed by atoms with E-state index in [9.17, 15) is 0 Å². The lowest BCUT2D eigenvalue weighted by Crippen LogP contribution is -2.33. The Kier molecular flexibility index (Phi) is 3.50. The smallest absolute Gasteiger partial charge is 0.213 e. The first-order valence-electron chi connectivity index (χ1n) is 8.48. The van der Waals surface area contributed by atoms with Crippen LogP contribution in [0.15, 0.2) is 64.4 Å². The van der Waals surface area contributed by atoms with Crippen LogP contribution in [0.2, 0.25) is 5.02 Å². The van der Waals surface area contributed by atoms with Gasteiger partial charge in [0.05, 0.1) is 6.04 Å². The molecule has 0 saturated heterocycles. The lowest BCUT2D eigenvalue weighted by atomic mass is 9.97. The predicted octanol–water partition coefficient (Wildman–Crippen LogP) is 4.88. The molecule has 2 aliphatic heterocycles. The minimum absolute atomic E-state index is 0.0519. The van der Waals surface area contributed by atoms with Gasteiger partial charge in [-0.3, -0.25) is 4.98 Å². The average Bonchev–Trinajstić information content (AvgIpc) is 3.28. The summed E-state index contributed by atoms with van der Waals surface area (Å²) in [5.74, 6) is 2.51. The number of fused-ring (bicyclic) bond motifs is 3. The molecule has 1 aromatic carbocycles. The van der Waals surface area contributed by atoms with E-state index in [1.54, 1.807) is 12.4 Å². The van der Waals surface area contributed by atoms with E-state index < -0.39 is 0 Å². The third kappa shape index (κ3) is 2.47.